The maximum atomic E-state index is 8.08. The summed E-state index contributed by atoms with van der Waals surface area (Å²) in [6.45, 7) is 0.147. The summed E-state index contributed by atoms with van der Waals surface area (Å²) < 4.78 is 0. The van der Waals surface area contributed by atoms with Gasteiger partial charge in [-0.1, -0.05) is 0 Å². The van der Waals surface area contributed by atoms with E-state index in [1.54, 1.807) is 0 Å². The first-order valence-corrected chi connectivity index (χ1v) is 3.22. The van der Waals surface area contributed by atoms with Crippen LogP contribution in [0.25, 0.3) is 0 Å². The number of halogens is 1. The summed E-state index contributed by atoms with van der Waals surface area (Å²) in [5, 5.41) is 8.08. The average molecular weight is 158 g/mol. The molecule has 54 valence electrons. The van der Waals surface area contributed by atoms with E-state index < -0.39 is 0 Å². The van der Waals surface area contributed by atoms with Crippen molar-refractivity contribution in [2.75, 3.05) is 12.4 Å². The predicted octanol–water partition coefficient (Wildman–Crippen LogP) is 0.662. The fourth-order valence-electron chi connectivity index (χ4n) is 0.326. The van der Waals surface area contributed by atoms with Gasteiger partial charge in [0.25, 0.3) is 0 Å². The first-order valence-electron chi connectivity index (χ1n) is 2.68. The molecular formula is C6H8ClN3. The number of nitrogens with two attached hydrogens (primary N) is 1. The minimum absolute atomic E-state index is 0.147. The van der Waals surface area contributed by atoms with E-state index >= 15 is 0 Å². The minimum atomic E-state index is 0.147. The highest BCUT2D eigenvalue weighted by molar-refractivity contribution is 6.21. The van der Waals surface area contributed by atoms with Crippen LogP contribution >= 0.6 is 11.6 Å². The maximum absolute atomic E-state index is 8.08. The van der Waals surface area contributed by atoms with E-state index in [0.29, 0.717) is 5.88 Å². The van der Waals surface area contributed by atoms with Crippen molar-refractivity contribution in [1.29, 1.82) is 5.26 Å². The largest absolute Gasteiger partial charge is 0.404 e. The Labute approximate surface area is 64.8 Å². The smallest absolute Gasteiger partial charge is 0.126 e. The van der Waals surface area contributed by atoms with Crippen molar-refractivity contribution < 1.29 is 0 Å². The number of rotatable bonds is 3. The Balaban J connectivity index is 3.77. The second-order valence-electron chi connectivity index (χ2n) is 1.50. The molecule has 2 N–H and O–H groups in total. The van der Waals surface area contributed by atoms with Crippen molar-refractivity contribution in [1.82, 2.24) is 0 Å². The number of alkyl halides is 1. The number of hydrogen-bond acceptors (Lipinski definition) is 3. The van der Waals surface area contributed by atoms with E-state index in [2.05, 4.69) is 4.99 Å². The van der Waals surface area contributed by atoms with Crippen LogP contribution in [-0.2, 0) is 0 Å². The molecule has 0 radical (unpaired) electrons. The van der Waals surface area contributed by atoms with Gasteiger partial charge in [0.2, 0.25) is 0 Å². The zero-order valence-corrected chi connectivity index (χ0v) is 6.17. The SMILES string of the molecule is N#CCN=C/C(=C\N)CCl. The lowest BCUT2D eigenvalue weighted by molar-refractivity contribution is 1.25. The van der Waals surface area contributed by atoms with E-state index in [4.69, 9.17) is 22.6 Å². The molecule has 0 aliphatic heterocycles. The van der Waals surface area contributed by atoms with Crippen molar-refractivity contribution in [3.05, 3.63) is 11.8 Å². The molecular weight excluding hydrogens is 150 g/mol. The van der Waals surface area contributed by atoms with Crippen molar-refractivity contribution in [3.63, 3.8) is 0 Å². The van der Waals surface area contributed by atoms with Gasteiger partial charge in [-0.05, 0) is 6.20 Å². The molecule has 0 bridgehead atoms. The van der Waals surface area contributed by atoms with Crippen molar-refractivity contribution in [2.24, 2.45) is 10.7 Å². The molecule has 0 unspecified atom stereocenters. The number of aliphatic imine (C=N–C) groups is 1. The fourth-order valence-corrected chi connectivity index (χ4v) is 0.484. The first kappa shape index (κ1) is 8.99. The van der Waals surface area contributed by atoms with Gasteiger partial charge in [-0.3, -0.25) is 4.99 Å². The molecule has 0 heterocycles. The summed E-state index contributed by atoms with van der Waals surface area (Å²) in [6, 6.07) is 1.86. The van der Waals surface area contributed by atoms with E-state index in [-0.39, 0.29) is 6.54 Å². The highest BCUT2D eigenvalue weighted by Crippen LogP contribution is 1.90. The van der Waals surface area contributed by atoms with Gasteiger partial charge >= 0.3 is 0 Å². The van der Waals surface area contributed by atoms with Crippen LogP contribution in [0.1, 0.15) is 0 Å². The molecule has 0 aliphatic rings. The summed E-state index contributed by atoms with van der Waals surface area (Å²) in [5.74, 6) is 0.325. The number of hydrogen-bond donors (Lipinski definition) is 1. The zero-order chi connectivity index (χ0) is 7.82. The standard InChI is InChI=1S/C6H8ClN3/c7-3-6(4-9)5-10-2-1-8/h4-5H,2-3,9H2/b6-4-,10-5?. The molecule has 0 aromatic rings. The molecule has 0 aromatic heterocycles. The van der Waals surface area contributed by atoms with Crippen LogP contribution in [0.4, 0.5) is 0 Å². The molecule has 0 aliphatic carbocycles. The Morgan fingerprint density at radius 1 is 1.80 bits per heavy atom. The van der Waals surface area contributed by atoms with Crippen LogP contribution in [-0.4, -0.2) is 18.6 Å². The van der Waals surface area contributed by atoms with Gasteiger partial charge in [0.05, 0.1) is 11.9 Å². The Hall–Kier alpha value is -1.01. The van der Waals surface area contributed by atoms with Crippen LogP contribution in [0.3, 0.4) is 0 Å². The van der Waals surface area contributed by atoms with Gasteiger partial charge in [-0.15, -0.1) is 11.6 Å². The molecule has 0 amide bonds. The van der Waals surface area contributed by atoms with Gasteiger partial charge in [-0.2, -0.15) is 5.26 Å². The first-order chi connectivity index (χ1) is 4.85. The molecule has 4 heteroatoms. The average Bonchev–Trinajstić information content (AvgIpc) is 1.99. The molecule has 10 heavy (non-hydrogen) atoms. The second kappa shape index (κ2) is 6.12. The van der Waals surface area contributed by atoms with Crippen molar-refractivity contribution in [2.45, 2.75) is 0 Å². The third-order valence-corrected chi connectivity index (χ3v) is 1.10. The summed E-state index contributed by atoms with van der Waals surface area (Å²) in [5.41, 5.74) is 5.86. The van der Waals surface area contributed by atoms with Crippen LogP contribution in [0.15, 0.2) is 16.8 Å². The van der Waals surface area contributed by atoms with Crippen LogP contribution in [0, 0.1) is 11.3 Å². The Morgan fingerprint density at radius 2 is 2.50 bits per heavy atom. The molecule has 0 saturated heterocycles. The van der Waals surface area contributed by atoms with Gasteiger partial charge in [-0.25, -0.2) is 0 Å². The molecule has 0 fully saturated rings. The highest BCUT2D eigenvalue weighted by Gasteiger charge is 1.85. The summed E-state index contributed by atoms with van der Waals surface area (Å²) in [7, 11) is 0. The Kier molecular flexibility index (Phi) is 5.50. The van der Waals surface area contributed by atoms with E-state index in [1.807, 2.05) is 6.07 Å². The molecule has 0 atom stereocenters. The number of allylic oxidation sites excluding steroid dienone is 1. The minimum Gasteiger partial charge on any atom is -0.404 e. The highest BCUT2D eigenvalue weighted by atomic mass is 35.5. The molecule has 3 nitrogen and oxygen atoms in total. The fraction of sp³-hybridized carbons (Fsp3) is 0.333. The quantitative estimate of drug-likeness (QED) is 0.372. The molecule has 0 rings (SSSR count). The third kappa shape index (κ3) is 3.93. The lowest BCUT2D eigenvalue weighted by Crippen LogP contribution is -1.92. The van der Waals surface area contributed by atoms with Gasteiger partial charge < -0.3 is 5.73 Å². The topological polar surface area (TPSA) is 62.2 Å². The van der Waals surface area contributed by atoms with Crippen LogP contribution < -0.4 is 5.73 Å². The Bertz CT molecular complexity index is 178. The maximum Gasteiger partial charge on any atom is 0.126 e. The zero-order valence-electron chi connectivity index (χ0n) is 5.42. The van der Waals surface area contributed by atoms with Crippen molar-refractivity contribution >= 4 is 17.8 Å². The van der Waals surface area contributed by atoms with Gasteiger partial charge in [0.15, 0.2) is 0 Å². The summed E-state index contributed by atoms with van der Waals surface area (Å²) in [6.07, 6.45) is 2.87. The van der Waals surface area contributed by atoms with Gasteiger partial charge in [0, 0.05) is 11.8 Å². The van der Waals surface area contributed by atoms with E-state index in [0.717, 1.165) is 5.57 Å². The normalized spacial score (nSPS) is 11.8. The lowest BCUT2D eigenvalue weighted by atomic mass is 10.4. The van der Waals surface area contributed by atoms with Crippen LogP contribution in [0.5, 0.6) is 0 Å². The summed E-state index contributed by atoms with van der Waals surface area (Å²) in [4.78, 5) is 3.71. The summed E-state index contributed by atoms with van der Waals surface area (Å²) >= 11 is 5.42. The van der Waals surface area contributed by atoms with E-state index in [9.17, 15) is 0 Å². The predicted molar refractivity (Wildman–Crippen MR) is 42.0 cm³/mol. The lowest BCUT2D eigenvalue weighted by Gasteiger charge is -1.88. The van der Waals surface area contributed by atoms with Crippen molar-refractivity contribution in [3.8, 4) is 6.07 Å². The Morgan fingerprint density at radius 3 is 2.90 bits per heavy atom. The van der Waals surface area contributed by atoms with Gasteiger partial charge in [0.1, 0.15) is 6.54 Å². The van der Waals surface area contributed by atoms with Crippen LogP contribution in [0.2, 0.25) is 0 Å². The second-order valence-corrected chi connectivity index (χ2v) is 1.77. The molecule has 0 spiro atoms. The number of nitrogens with zero attached hydrogens (tertiary/aromatic N) is 2. The monoisotopic (exact) mass is 157 g/mol. The molecule has 0 aromatic carbocycles. The third-order valence-electron chi connectivity index (χ3n) is 0.787. The van der Waals surface area contributed by atoms with E-state index in [1.165, 1.54) is 12.4 Å². The number of nitriles is 1. The molecule has 0 saturated carbocycles.